The van der Waals surface area contributed by atoms with Crippen molar-refractivity contribution in [2.24, 2.45) is 0 Å². The molecule has 7 heteroatoms. The lowest BCUT2D eigenvalue weighted by molar-refractivity contribution is 0.222. The van der Waals surface area contributed by atoms with Gasteiger partial charge in [0.25, 0.3) is 0 Å². The Labute approximate surface area is 140 Å². The minimum atomic E-state index is -0.701. The molecule has 0 fully saturated rings. The van der Waals surface area contributed by atoms with Crippen molar-refractivity contribution < 1.29 is 5.11 Å². The molecular weight excluding hydrogens is 304 g/mol. The van der Waals surface area contributed by atoms with E-state index in [9.17, 15) is 5.11 Å². The van der Waals surface area contributed by atoms with Gasteiger partial charge in [0.1, 0.15) is 12.6 Å². The molecule has 2 heterocycles. The highest BCUT2D eigenvalue weighted by Gasteiger charge is 2.18. The molecule has 3 rings (SSSR count). The van der Waals surface area contributed by atoms with Crippen molar-refractivity contribution in [1.29, 1.82) is 0 Å². The van der Waals surface area contributed by atoms with Gasteiger partial charge in [-0.25, -0.2) is 15.0 Å². The van der Waals surface area contributed by atoms with Crippen LogP contribution in [0.5, 0.6) is 0 Å². The van der Waals surface area contributed by atoms with E-state index in [1.54, 1.807) is 6.92 Å². The van der Waals surface area contributed by atoms with E-state index in [-0.39, 0.29) is 6.04 Å². The van der Waals surface area contributed by atoms with Crippen LogP contribution in [0.4, 0.5) is 11.8 Å². The Morgan fingerprint density at radius 2 is 1.88 bits per heavy atom. The number of benzene rings is 1. The molecule has 3 aromatic rings. The minimum Gasteiger partial charge on any atom is -0.374 e. The van der Waals surface area contributed by atoms with Gasteiger partial charge in [0.15, 0.2) is 17.0 Å². The van der Waals surface area contributed by atoms with Crippen molar-refractivity contribution >= 4 is 22.9 Å². The van der Waals surface area contributed by atoms with Crippen LogP contribution in [0.1, 0.15) is 32.4 Å². The second-order valence-electron chi connectivity index (χ2n) is 5.95. The third-order valence-corrected chi connectivity index (χ3v) is 3.63. The fraction of sp³-hybridized carbons (Fsp3) is 0.353. The number of hydrogen-bond donors (Lipinski definition) is 3. The molecule has 24 heavy (non-hydrogen) atoms. The van der Waals surface area contributed by atoms with E-state index < -0.39 is 6.23 Å². The van der Waals surface area contributed by atoms with Crippen LogP contribution in [-0.4, -0.2) is 30.9 Å². The summed E-state index contributed by atoms with van der Waals surface area (Å²) in [5, 5.41) is 15.9. The van der Waals surface area contributed by atoms with Gasteiger partial charge in [0.2, 0.25) is 5.95 Å². The van der Waals surface area contributed by atoms with Gasteiger partial charge in [-0.2, -0.15) is 0 Å². The average molecular weight is 326 g/mol. The van der Waals surface area contributed by atoms with Gasteiger partial charge in [-0.1, -0.05) is 30.3 Å². The number of nitrogens with one attached hydrogen (secondary N) is 2. The maximum atomic E-state index is 9.64. The second kappa shape index (κ2) is 6.84. The third kappa shape index (κ3) is 3.30. The Morgan fingerprint density at radius 3 is 2.54 bits per heavy atom. The number of hydrogen-bond acceptors (Lipinski definition) is 6. The number of rotatable bonds is 6. The molecule has 1 aromatic carbocycles. The van der Waals surface area contributed by atoms with Gasteiger partial charge < -0.3 is 15.7 Å². The first-order valence-corrected chi connectivity index (χ1v) is 8.01. The fourth-order valence-corrected chi connectivity index (χ4v) is 2.60. The molecule has 1 unspecified atom stereocenters. The molecule has 0 amide bonds. The maximum Gasteiger partial charge on any atom is 0.207 e. The van der Waals surface area contributed by atoms with Crippen LogP contribution in [0.3, 0.4) is 0 Å². The normalized spacial score (nSPS) is 12.5. The lowest BCUT2D eigenvalue weighted by Gasteiger charge is -2.14. The number of fused-ring (bicyclic) bond motifs is 1. The molecule has 0 aliphatic rings. The van der Waals surface area contributed by atoms with E-state index >= 15 is 0 Å². The Balaban J connectivity index is 1.97. The summed E-state index contributed by atoms with van der Waals surface area (Å²) < 4.78 is 1.96. The van der Waals surface area contributed by atoms with Crippen LogP contribution < -0.4 is 10.6 Å². The molecule has 126 valence electrons. The van der Waals surface area contributed by atoms with Gasteiger partial charge >= 0.3 is 0 Å². The monoisotopic (exact) mass is 326 g/mol. The lowest BCUT2D eigenvalue weighted by Crippen LogP contribution is -2.18. The molecular formula is C17H22N6O. The highest BCUT2D eigenvalue weighted by molar-refractivity contribution is 5.85. The van der Waals surface area contributed by atoms with E-state index in [1.165, 1.54) is 6.33 Å². The van der Waals surface area contributed by atoms with Gasteiger partial charge in [0.05, 0.1) is 0 Å². The summed E-state index contributed by atoms with van der Waals surface area (Å²) >= 11 is 0. The molecule has 3 N–H and O–H groups in total. The molecule has 0 aliphatic heterocycles. The van der Waals surface area contributed by atoms with E-state index in [0.29, 0.717) is 23.8 Å². The second-order valence-corrected chi connectivity index (χ2v) is 5.95. The number of nitrogens with zero attached hydrogens (tertiary/aromatic N) is 4. The van der Waals surface area contributed by atoms with Crippen molar-refractivity contribution in [3.05, 3.63) is 42.2 Å². The van der Waals surface area contributed by atoms with Crippen molar-refractivity contribution in [2.75, 3.05) is 10.6 Å². The predicted octanol–water partition coefficient (Wildman–Crippen LogP) is 2.77. The summed E-state index contributed by atoms with van der Waals surface area (Å²) in [5.74, 6) is 1.26. The molecule has 0 bridgehead atoms. The molecule has 0 aliphatic carbocycles. The molecule has 0 saturated carbocycles. The quantitative estimate of drug-likeness (QED) is 0.604. The lowest BCUT2D eigenvalue weighted by atomic mass is 10.2. The highest BCUT2D eigenvalue weighted by atomic mass is 16.3. The van der Waals surface area contributed by atoms with Crippen molar-refractivity contribution in [2.45, 2.75) is 39.6 Å². The van der Waals surface area contributed by atoms with E-state index in [2.05, 4.69) is 37.7 Å². The first-order valence-electron chi connectivity index (χ1n) is 8.01. The smallest absolute Gasteiger partial charge is 0.207 e. The predicted molar refractivity (Wildman–Crippen MR) is 94.8 cm³/mol. The summed E-state index contributed by atoms with van der Waals surface area (Å²) in [6.45, 7) is 6.41. The molecule has 0 radical (unpaired) electrons. The summed E-state index contributed by atoms with van der Waals surface area (Å²) in [6, 6.07) is 10.3. The van der Waals surface area contributed by atoms with Gasteiger partial charge in [-0.05, 0) is 26.3 Å². The minimum absolute atomic E-state index is 0.146. The number of anilines is 2. The first kappa shape index (κ1) is 16.2. The zero-order valence-electron chi connectivity index (χ0n) is 14.1. The zero-order chi connectivity index (χ0) is 17.1. The molecule has 2 aromatic heterocycles. The summed E-state index contributed by atoms with van der Waals surface area (Å²) in [5.41, 5.74) is 2.58. The Hall–Kier alpha value is -2.67. The van der Waals surface area contributed by atoms with E-state index in [0.717, 1.165) is 11.2 Å². The van der Waals surface area contributed by atoms with Crippen LogP contribution in [0.2, 0.25) is 0 Å². The topological polar surface area (TPSA) is 87.9 Å². The third-order valence-electron chi connectivity index (χ3n) is 3.63. The summed E-state index contributed by atoms with van der Waals surface area (Å²) in [6.07, 6.45) is 0.829. The molecule has 0 saturated heterocycles. The fourth-order valence-electron chi connectivity index (χ4n) is 2.60. The van der Waals surface area contributed by atoms with Crippen LogP contribution in [0.25, 0.3) is 11.2 Å². The van der Waals surface area contributed by atoms with Crippen LogP contribution in [-0.2, 0) is 6.54 Å². The summed E-state index contributed by atoms with van der Waals surface area (Å²) in [4.78, 5) is 13.3. The van der Waals surface area contributed by atoms with Crippen molar-refractivity contribution in [3.63, 3.8) is 0 Å². The molecule has 0 spiro atoms. The Kier molecular flexibility index (Phi) is 4.61. The van der Waals surface area contributed by atoms with Crippen molar-refractivity contribution in [1.82, 2.24) is 19.5 Å². The van der Waals surface area contributed by atoms with Crippen LogP contribution in [0, 0.1) is 0 Å². The van der Waals surface area contributed by atoms with Crippen LogP contribution in [0.15, 0.2) is 36.7 Å². The maximum absolute atomic E-state index is 9.64. The molecule has 1 atom stereocenters. The van der Waals surface area contributed by atoms with Gasteiger partial charge in [-0.3, -0.25) is 4.57 Å². The largest absolute Gasteiger partial charge is 0.374 e. The standard InChI is InChI=1S/C17H22N6O/c1-11(2)23-16-14(22-17(23)21-12(3)24)15(19-10-20-16)18-9-13-7-5-4-6-8-13/h4-8,10-12,24H,9H2,1-3H3,(H,21,22)(H,18,19,20). The van der Waals surface area contributed by atoms with Gasteiger partial charge in [0, 0.05) is 12.6 Å². The van der Waals surface area contributed by atoms with E-state index in [4.69, 9.17) is 0 Å². The van der Waals surface area contributed by atoms with E-state index in [1.807, 2.05) is 36.6 Å². The Morgan fingerprint density at radius 1 is 1.12 bits per heavy atom. The number of aliphatic hydroxyl groups is 1. The zero-order valence-corrected chi connectivity index (χ0v) is 14.1. The SMILES string of the molecule is CC(O)Nc1nc2c(NCc3ccccc3)ncnc2n1C(C)C. The Bertz CT molecular complexity index is 813. The first-order chi connectivity index (χ1) is 11.6. The number of aliphatic hydroxyl groups excluding tert-OH is 1. The summed E-state index contributed by atoms with van der Waals surface area (Å²) in [7, 11) is 0. The molecule has 7 nitrogen and oxygen atoms in total. The van der Waals surface area contributed by atoms with Gasteiger partial charge in [-0.15, -0.1) is 0 Å². The van der Waals surface area contributed by atoms with Crippen LogP contribution >= 0.6 is 0 Å². The average Bonchev–Trinajstić information content (AvgIpc) is 2.91. The van der Waals surface area contributed by atoms with Crippen molar-refractivity contribution in [3.8, 4) is 0 Å². The number of imidazole rings is 1. The number of aromatic nitrogens is 4. The highest BCUT2D eigenvalue weighted by Crippen LogP contribution is 2.26.